The first-order valence-corrected chi connectivity index (χ1v) is 1.90. The molecule has 0 spiro atoms. The van der Waals surface area contributed by atoms with E-state index in [2.05, 4.69) is 13.2 Å². The number of allylic oxidation sites excluding steroid dienone is 2. The molecule has 0 aromatic rings. The molecule has 0 aromatic carbocycles. The van der Waals surface area contributed by atoms with Gasteiger partial charge in [0.15, 0.2) is 0 Å². The van der Waals surface area contributed by atoms with Gasteiger partial charge in [0.05, 0.1) is 23.3 Å². The summed E-state index contributed by atoms with van der Waals surface area (Å²) in [6.07, 6.45) is 0. The van der Waals surface area contributed by atoms with Crippen molar-refractivity contribution in [1.82, 2.24) is 0 Å². The molecule has 0 saturated carbocycles. The zero-order chi connectivity index (χ0) is 6.57. The van der Waals surface area contributed by atoms with Gasteiger partial charge in [0.2, 0.25) is 0 Å². The molecule has 0 saturated heterocycles. The normalized spacial score (nSPS) is 6.25. The third kappa shape index (κ3) is 1.28. The van der Waals surface area contributed by atoms with Gasteiger partial charge >= 0.3 is 0 Å². The van der Waals surface area contributed by atoms with Gasteiger partial charge in [0, 0.05) is 0 Å². The maximum Gasteiger partial charge on any atom is 0.0999 e. The molecule has 0 N–H and O–H groups in total. The Morgan fingerprint density at radius 1 is 1.00 bits per heavy atom. The van der Waals surface area contributed by atoms with Crippen LogP contribution in [0.25, 0.3) is 0 Å². The number of rotatable bonds is 1. The van der Waals surface area contributed by atoms with Crippen LogP contribution < -0.4 is 0 Å². The molecule has 2 nitrogen and oxygen atoms in total. The van der Waals surface area contributed by atoms with Crippen LogP contribution in [0.15, 0.2) is 24.3 Å². The van der Waals surface area contributed by atoms with E-state index in [1.54, 1.807) is 12.1 Å². The van der Waals surface area contributed by atoms with E-state index in [1.165, 1.54) is 0 Å². The quantitative estimate of drug-likeness (QED) is 0.370. The minimum atomic E-state index is 0.132. The lowest BCUT2D eigenvalue weighted by Gasteiger charge is -1.81. The van der Waals surface area contributed by atoms with Gasteiger partial charge < -0.3 is 0 Å². The molecule has 38 valence electrons. The smallest absolute Gasteiger partial charge is 0.0999 e. The molecule has 0 radical (unpaired) electrons. The number of hydrogen-bond donors (Lipinski definition) is 0. The van der Waals surface area contributed by atoms with Gasteiger partial charge in [0.25, 0.3) is 0 Å². The summed E-state index contributed by atoms with van der Waals surface area (Å²) in [6, 6.07) is 3.40. The predicted molar refractivity (Wildman–Crippen MR) is 29.5 cm³/mol. The summed E-state index contributed by atoms with van der Waals surface area (Å²) >= 11 is 0. The summed E-state index contributed by atoms with van der Waals surface area (Å²) in [4.78, 5) is 0. The standard InChI is InChI=1S/C6H4N2/c1-5(3-7)6(2)4-8/h1-2H2. The lowest BCUT2D eigenvalue weighted by atomic mass is 10.2. The second kappa shape index (κ2) is 2.60. The monoisotopic (exact) mass is 104 g/mol. The van der Waals surface area contributed by atoms with Crippen LogP contribution in [0.5, 0.6) is 0 Å². The van der Waals surface area contributed by atoms with E-state index in [-0.39, 0.29) is 11.1 Å². The van der Waals surface area contributed by atoms with Gasteiger partial charge in [-0.15, -0.1) is 0 Å². The van der Waals surface area contributed by atoms with E-state index in [4.69, 9.17) is 10.5 Å². The van der Waals surface area contributed by atoms with Crippen LogP contribution in [0.2, 0.25) is 0 Å². The van der Waals surface area contributed by atoms with Crippen molar-refractivity contribution in [3.8, 4) is 12.1 Å². The molecular formula is C6H4N2. The first-order valence-electron chi connectivity index (χ1n) is 1.90. The highest BCUT2D eigenvalue weighted by Crippen LogP contribution is 1.98. The van der Waals surface area contributed by atoms with Crippen molar-refractivity contribution in [3.05, 3.63) is 24.3 Å². The molecule has 0 bridgehead atoms. The lowest BCUT2D eigenvalue weighted by Crippen LogP contribution is -1.75. The molecule has 0 aromatic heterocycles. The first kappa shape index (κ1) is 6.46. The minimum absolute atomic E-state index is 0.132. The van der Waals surface area contributed by atoms with Crippen molar-refractivity contribution in [2.75, 3.05) is 0 Å². The average molecular weight is 104 g/mol. The van der Waals surface area contributed by atoms with Crippen LogP contribution in [0.4, 0.5) is 0 Å². The zero-order valence-electron chi connectivity index (χ0n) is 4.31. The average Bonchev–Trinajstić information content (AvgIpc) is 1.84. The molecule has 2 heteroatoms. The van der Waals surface area contributed by atoms with E-state index in [0.29, 0.717) is 0 Å². The first-order chi connectivity index (χ1) is 3.72. The molecule has 8 heavy (non-hydrogen) atoms. The Balaban J connectivity index is 4.16. The molecular weight excluding hydrogens is 100 g/mol. The molecule has 0 rings (SSSR count). The maximum absolute atomic E-state index is 8.07. The van der Waals surface area contributed by atoms with Gasteiger partial charge in [0.1, 0.15) is 0 Å². The Kier molecular flexibility index (Phi) is 2.10. The molecule has 0 unspecified atom stereocenters. The summed E-state index contributed by atoms with van der Waals surface area (Å²) < 4.78 is 0. The van der Waals surface area contributed by atoms with Gasteiger partial charge in [-0.1, -0.05) is 13.2 Å². The molecule has 0 aliphatic carbocycles. The maximum atomic E-state index is 8.07. The van der Waals surface area contributed by atoms with Crippen molar-refractivity contribution in [3.63, 3.8) is 0 Å². The van der Waals surface area contributed by atoms with Crippen LogP contribution in [-0.2, 0) is 0 Å². The topological polar surface area (TPSA) is 47.6 Å². The van der Waals surface area contributed by atoms with Crippen molar-refractivity contribution in [1.29, 1.82) is 10.5 Å². The highest BCUT2D eigenvalue weighted by molar-refractivity contribution is 5.45. The fourth-order valence-electron chi connectivity index (χ4n) is 0.135. The fourth-order valence-corrected chi connectivity index (χ4v) is 0.135. The van der Waals surface area contributed by atoms with E-state index < -0.39 is 0 Å². The van der Waals surface area contributed by atoms with Gasteiger partial charge in [-0.25, -0.2) is 0 Å². The molecule has 0 atom stereocenters. The summed E-state index contributed by atoms with van der Waals surface area (Å²) in [6.45, 7) is 6.52. The molecule has 0 aliphatic heterocycles. The van der Waals surface area contributed by atoms with E-state index in [0.717, 1.165) is 0 Å². The number of nitrogens with zero attached hydrogens (tertiary/aromatic N) is 2. The van der Waals surface area contributed by atoms with Crippen LogP contribution in [0.3, 0.4) is 0 Å². The molecule has 0 heterocycles. The molecule has 0 fully saturated rings. The SMILES string of the molecule is C=C(C#N)C(=C)C#N. The van der Waals surface area contributed by atoms with E-state index >= 15 is 0 Å². The summed E-state index contributed by atoms with van der Waals surface area (Å²) in [5.41, 5.74) is 0.264. The highest BCUT2D eigenvalue weighted by Gasteiger charge is 1.92. The van der Waals surface area contributed by atoms with E-state index in [1.807, 2.05) is 0 Å². The second-order valence-electron chi connectivity index (χ2n) is 1.18. The Morgan fingerprint density at radius 2 is 1.25 bits per heavy atom. The van der Waals surface area contributed by atoms with Crippen molar-refractivity contribution in [2.45, 2.75) is 0 Å². The second-order valence-corrected chi connectivity index (χ2v) is 1.18. The van der Waals surface area contributed by atoms with E-state index in [9.17, 15) is 0 Å². The van der Waals surface area contributed by atoms with Gasteiger partial charge in [-0.2, -0.15) is 10.5 Å². The predicted octanol–water partition coefficient (Wildman–Crippen LogP) is 1.15. The van der Waals surface area contributed by atoms with Crippen molar-refractivity contribution in [2.24, 2.45) is 0 Å². The Hall–Kier alpha value is -1.54. The fraction of sp³-hybridized carbons (Fsp3) is 0. The van der Waals surface area contributed by atoms with Crippen LogP contribution in [0, 0.1) is 22.7 Å². The minimum Gasteiger partial charge on any atom is -0.192 e. The van der Waals surface area contributed by atoms with Crippen molar-refractivity contribution >= 4 is 0 Å². The van der Waals surface area contributed by atoms with Crippen LogP contribution in [0.1, 0.15) is 0 Å². The third-order valence-corrected chi connectivity index (χ3v) is 0.634. The number of hydrogen-bond acceptors (Lipinski definition) is 2. The summed E-state index contributed by atoms with van der Waals surface area (Å²) in [5, 5.41) is 16.1. The third-order valence-electron chi connectivity index (χ3n) is 0.634. The Labute approximate surface area is 48.0 Å². The lowest BCUT2D eigenvalue weighted by molar-refractivity contribution is 1.45. The van der Waals surface area contributed by atoms with Crippen LogP contribution in [-0.4, -0.2) is 0 Å². The van der Waals surface area contributed by atoms with Crippen molar-refractivity contribution < 1.29 is 0 Å². The van der Waals surface area contributed by atoms with Gasteiger partial charge in [-0.3, -0.25) is 0 Å². The largest absolute Gasteiger partial charge is 0.192 e. The number of nitriles is 2. The zero-order valence-corrected chi connectivity index (χ0v) is 4.31. The summed E-state index contributed by atoms with van der Waals surface area (Å²) in [7, 11) is 0. The van der Waals surface area contributed by atoms with Gasteiger partial charge in [-0.05, 0) is 0 Å². The Morgan fingerprint density at radius 3 is 1.38 bits per heavy atom. The highest BCUT2D eigenvalue weighted by atomic mass is 14.3. The molecule has 0 aliphatic rings. The Bertz CT molecular complexity index is 176. The van der Waals surface area contributed by atoms with Crippen LogP contribution >= 0.6 is 0 Å². The molecule has 0 amide bonds. The summed E-state index contributed by atoms with van der Waals surface area (Å²) in [5.74, 6) is 0.